The Balaban J connectivity index is 2.64. The molecule has 1 aliphatic rings. The van der Waals surface area contributed by atoms with Crippen LogP contribution in [0.2, 0.25) is 0 Å². The largest absolute Gasteiger partial charge is 0.392 e. The van der Waals surface area contributed by atoms with Gasteiger partial charge in [0.25, 0.3) is 0 Å². The van der Waals surface area contributed by atoms with Crippen LogP contribution < -0.4 is 0 Å². The molecule has 112 valence electrons. The standard InChI is InChI=1S/C15H24F4/c1-3-9-14(16,10-4-2)13-7-5-12(6-8-13)11-15(17,18)19/h5,13H,3-4,6-11H2,1-2H3. The molecule has 0 aromatic carbocycles. The van der Waals surface area contributed by atoms with Crippen LogP contribution in [0, 0.1) is 5.92 Å². The van der Waals surface area contributed by atoms with E-state index in [1.54, 1.807) is 6.08 Å². The molecule has 1 aliphatic carbocycles. The smallest absolute Gasteiger partial charge is 0.244 e. The van der Waals surface area contributed by atoms with Crippen LogP contribution >= 0.6 is 0 Å². The molecule has 0 aromatic rings. The summed E-state index contributed by atoms with van der Waals surface area (Å²) < 4.78 is 51.8. The first-order valence-corrected chi connectivity index (χ1v) is 7.24. The topological polar surface area (TPSA) is 0 Å². The number of alkyl halides is 4. The second-order valence-corrected chi connectivity index (χ2v) is 5.66. The SMILES string of the molecule is CCCC(F)(CCC)C1CC=C(CC(F)(F)F)CC1. The number of halogens is 4. The van der Waals surface area contributed by atoms with Crippen molar-refractivity contribution in [3.8, 4) is 0 Å². The Hall–Kier alpha value is -0.540. The maximum atomic E-state index is 14.9. The summed E-state index contributed by atoms with van der Waals surface area (Å²) in [4.78, 5) is 0. The van der Waals surface area contributed by atoms with Gasteiger partial charge in [-0.15, -0.1) is 0 Å². The molecule has 1 unspecified atom stereocenters. The van der Waals surface area contributed by atoms with Gasteiger partial charge in [0.2, 0.25) is 0 Å². The molecule has 0 aromatic heterocycles. The Morgan fingerprint density at radius 2 is 1.68 bits per heavy atom. The molecular weight excluding hydrogens is 256 g/mol. The van der Waals surface area contributed by atoms with Gasteiger partial charge >= 0.3 is 6.18 Å². The molecule has 1 atom stereocenters. The van der Waals surface area contributed by atoms with Gasteiger partial charge in [-0.3, -0.25) is 0 Å². The van der Waals surface area contributed by atoms with Crippen LogP contribution in [0.15, 0.2) is 11.6 Å². The van der Waals surface area contributed by atoms with Crippen molar-refractivity contribution in [2.45, 2.75) is 77.1 Å². The van der Waals surface area contributed by atoms with Crippen LogP contribution in [-0.2, 0) is 0 Å². The first-order chi connectivity index (χ1) is 8.80. The van der Waals surface area contributed by atoms with E-state index in [-0.39, 0.29) is 5.92 Å². The first-order valence-electron chi connectivity index (χ1n) is 7.24. The van der Waals surface area contributed by atoms with Crippen molar-refractivity contribution >= 4 is 0 Å². The van der Waals surface area contributed by atoms with Crippen molar-refractivity contribution in [3.05, 3.63) is 11.6 Å². The second-order valence-electron chi connectivity index (χ2n) is 5.66. The van der Waals surface area contributed by atoms with Gasteiger partial charge in [-0.05, 0) is 38.0 Å². The van der Waals surface area contributed by atoms with Crippen molar-refractivity contribution in [3.63, 3.8) is 0 Å². The van der Waals surface area contributed by atoms with Crippen molar-refractivity contribution in [2.75, 3.05) is 0 Å². The monoisotopic (exact) mass is 280 g/mol. The maximum absolute atomic E-state index is 14.9. The van der Waals surface area contributed by atoms with E-state index in [9.17, 15) is 17.6 Å². The summed E-state index contributed by atoms with van der Waals surface area (Å²) in [7, 11) is 0. The van der Waals surface area contributed by atoms with Gasteiger partial charge in [0, 0.05) is 0 Å². The summed E-state index contributed by atoms with van der Waals surface area (Å²) >= 11 is 0. The lowest BCUT2D eigenvalue weighted by molar-refractivity contribution is -0.127. The average molecular weight is 280 g/mol. The van der Waals surface area contributed by atoms with Gasteiger partial charge in [0.1, 0.15) is 5.67 Å². The minimum absolute atomic E-state index is 0.107. The van der Waals surface area contributed by atoms with E-state index in [1.165, 1.54) is 0 Å². The fraction of sp³-hybridized carbons (Fsp3) is 0.867. The minimum atomic E-state index is -4.14. The first kappa shape index (κ1) is 16.5. The molecule has 0 spiro atoms. The summed E-state index contributed by atoms with van der Waals surface area (Å²) in [6.45, 7) is 3.91. The summed E-state index contributed by atoms with van der Waals surface area (Å²) in [5.41, 5.74) is -0.761. The molecular formula is C15H24F4. The summed E-state index contributed by atoms with van der Waals surface area (Å²) in [5.74, 6) is -0.107. The lowest BCUT2D eigenvalue weighted by atomic mass is 9.74. The van der Waals surface area contributed by atoms with Crippen molar-refractivity contribution in [1.82, 2.24) is 0 Å². The van der Waals surface area contributed by atoms with Gasteiger partial charge in [-0.2, -0.15) is 13.2 Å². The Kier molecular flexibility index (Phi) is 5.87. The highest BCUT2D eigenvalue weighted by atomic mass is 19.4. The molecule has 19 heavy (non-hydrogen) atoms. The Bertz CT molecular complexity index is 298. The van der Waals surface area contributed by atoms with Crippen molar-refractivity contribution in [1.29, 1.82) is 0 Å². The maximum Gasteiger partial charge on any atom is 0.392 e. The van der Waals surface area contributed by atoms with Crippen LogP contribution in [0.5, 0.6) is 0 Å². The Morgan fingerprint density at radius 1 is 1.11 bits per heavy atom. The van der Waals surface area contributed by atoms with E-state index in [2.05, 4.69) is 0 Å². The zero-order valence-corrected chi connectivity index (χ0v) is 11.8. The zero-order valence-electron chi connectivity index (χ0n) is 11.8. The minimum Gasteiger partial charge on any atom is -0.244 e. The van der Waals surface area contributed by atoms with Crippen LogP contribution in [-0.4, -0.2) is 11.8 Å². The van der Waals surface area contributed by atoms with E-state index >= 15 is 0 Å². The van der Waals surface area contributed by atoms with Crippen LogP contribution in [0.25, 0.3) is 0 Å². The van der Waals surface area contributed by atoms with Crippen LogP contribution in [0.3, 0.4) is 0 Å². The number of allylic oxidation sites excluding steroid dienone is 2. The molecule has 4 heteroatoms. The predicted molar refractivity (Wildman–Crippen MR) is 69.8 cm³/mol. The predicted octanol–water partition coefficient (Wildman–Crippen LogP) is 5.97. The number of rotatable bonds is 6. The molecule has 0 aliphatic heterocycles. The lowest BCUT2D eigenvalue weighted by Gasteiger charge is -2.36. The Labute approximate surface area is 113 Å². The normalized spacial score (nSPS) is 21.4. The second kappa shape index (κ2) is 6.76. The third-order valence-corrected chi connectivity index (χ3v) is 4.00. The fourth-order valence-electron chi connectivity index (χ4n) is 3.14. The quantitative estimate of drug-likeness (QED) is 0.415. The zero-order chi connectivity index (χ0) is 14.5. The van der Waals surface area contributed by atoms with Crippen molar-refractivity contribution < 1.29 is 17.6 Å². The molecule has 0 nitrogen and oxygen atoms in total. The van der Waals surface area contributed by atoms with Crippen LogP contribution in [0.1, 0.15) is 65.2 Å². The highest BCUT2D eigenvalue weighted by Gasteiger charge is 2.39. The van der Waals surface area contributed by atoms with E-state index in [1.807, 2.05) is 13.8 Å². The number of hydrogen-bond donors (Lipinski definition) is 0. The lowest BCUT2D eigenvalue weighted by Crippen LogP contribution is -2.34. The fourth-order valence-corrected chi connectivity index (χ4v) is 3.14. The summed E-state index contributed by atoms with van der Waals surface area (Å²) in [5, 5.41) is 0. The highest BCUT2D eigenvalue weighted by molar-refractivity contribution is 5.10. The van der Waals surface area contributed by atoms with Gasteiger partial charge in [0.05, 0.1) is 6.42 Å². The highest BCUT2D eigenvalue weighted by Crippen LogP contribution is 2.42. The van der Waals surface area contributed by atoms with Crippen LogP contribution in [0.4, 0.5) is 17.6 Å². The average Bonchev–Trinajstić information content (AvgIpc) is 2.28. The molecule has 0 bridgehead atoms. The molecule has 1 rings (SSSR count). The molecule has 0 amide bonds. The number of hydrogen-bond acceptors (Lipinski definition) is 0. The third kappa shape index (κ3) is 5.15. The van der Waals surface area contributed by atoms with E-state index < -0.39 is 18.3 Å². The van der Waals surface area contributed by atoms with E-state index in [0.29, 0.717) is 37.7 Å². The molecule has 0 radical (unpaired) electrons. The van der Waals surface area contributed by atoms with E-state index in [0.717, 1.165) is 12.8 Å². The molecule has 0 N–H and O–H groups in total. The summed E-state index contributed by atoms with van der Waals surface area (Å²) in [6.07, 6.45) is 0.671. The summed E-state index contributed by atoms with van der Waals surface area (Å²) in [6, 6.07) is 0. The molecule has 0 saturated heterocycles. The van der Waals surface area contributed by atoms with Gasteiger partial charge < -0.3 is 0 Å². The molecule has 0 fully saturated rings. The molecule has 0 saturated carbocycles. The Morgan fingerprint density at radius 3 is 2.05 bits per heavy atom. The molecule has 0 heterocycles. The van der Waals surface area contributed by atoms with Gasteiger partial charge in [-0.1, -0.05) is 38.3 Å². The van der Waals surface area contributed by atoms with E-state index in [4.69, 9.17) is 0 Å². The van der Waals surface area contributed by atoms with Gasteiger partial charge in [-0.25, -0.2) is 4.39 Å². The van der Waals surface area contributed by atoms with Gasteiger partial charge in [0.15, 0.2) is 0 Å². The third-order valence-electron chi connectivity index (χ3n) is 4.00. The van der Waals surface area contributed by atoms with Crippen molar-refractivity contribution in [2.24, 2.45) is 5.92 Å².